The molecular weight excluding hydrogens is 332 g/mol. The van der Waals surface area contributed by atoms with E-state index in [9.17, 15) is 0 Å². The standard InChI is InChI=1S/C15H17BrN4O/c16-11-7-17-18-12(11)13-19-20-14(21-13)15-4-8-1-9(5-15)3-10(2-8)6-15/h7-10H,1-6H2,(H,17,18). The molecule has 4 aliphatic rings. The van der Waals surface area contributed by atoms with Gasteiger partial charge in [0, 0.05) is 5.41 Å². The first-order valence-electron chi connectivity index (χ1n) is 7.75. The van der Waals surface area contributed by atoms with Crippen molar-refractivity contribution in [2.75, 3.05) is 0 Å². The predicted molar refractivity (Wildman–Crippen MR) is 79.4 cm³/mol. The summed E-state index contributed by atoms with van der Waals surface area (Å²) in [6, 6.07) is 0. The highest BCUT2D eigenvalue weighted by atomic mass is 79.9. The third-order valence-electron chi connectivity index (χ3n) is 5.72. The van der Waals surface area contributed by atoms with E-state index in [0.29, 0.717) is 5.89 Å². The van der Waals surface area contributed by atoms with Crippen LogP contribution in [0.3, 0.4) is 0 Å². The van der Waals surface area contributed by atoms with E-state index in [0.717, 1.165) is 33.8 Å². The molecule has 5 nitrogen and oxygen atoms in total. The number of hydrogen-bond donors (Lipinski definition) is 1. The topological polar surface area (TPSA) is 67.6 Å². The first-order chi connectivity index (χ1) is 10.2. The van der Waals surface area contributed by atoms with Gasteiger partial charge in [0.25, 0.3) is 5.89 Å². The molecule has 2 aromatic rings. The van der Waals surface area contributed by atoms with Crippen molar-refractivity contribution < 1.29 is 4.42 Å². The lowest BCUT2D eigenvalue weighted by molar-refractivity contribution is -0.0176. The van der Waals surface area contributed by atoms with Crippen molar-refractivity contribution in [3.8, 4) is 11.6 Å². The molecule has 0 aliphatic heterocycles. The van der Waals surface area contributed by atoms with Gasteiger partial charge in [-0.3, -0.25) is 5.10 Å². The molecule has 0 amide bonds. The van der Waals surface area contributed by atoms with E-state index < -0.39 is 0 Å². The highest BCUT2D eigenvalue weighted by molar-refractivity contribution is 9.10. The zero-order valence-corrected chi connectivity index (χ0v) is 13.3. The highest BCUT2D eigenvalue weighted by Gasteiger charge is 2.54. The number of aromatic nitrogens is 4. The van der Waals surface area contributed by atoms with Crippen LogP contribution in [0, 0.1) is 17.8 Å². The van der Waals surface area contributed by atoms with Crippen LogP contribution in [0.1, 0.15) is 44.4 Å². The molecule has 0 radical (unpaired) electrons. The maximum Gasteiger partial charge on any atom is 0.266 e. The van der Waals surface area contributed by atoms with Crippen LogP contribution in [-0.2, 0) is 5.41 Å². The second-order valence-electron chi connectivity index (χ2n) is 7.20. The molecule has 0 spiro atoms. The minimum atomic E-state index is 0.159. The maximum absolute atomic E-state index is 6.07. The van der Waals surface area contributed by atoms with Crippen LogP contribution in [0.25, 0.3) is 11.6 Å². The van der Waals surface area contributed by atoms with E-state index in [1.54, 1.807) is 6.20 Å². The monoisotopic (exact) mass is 348 g/mol. The van der Waals surface area contributed by atoms with Gasteiger partial charge in [0.05, 0.1) is 10.7 Å². The first kappa shape index (κ1) is 12.4. The molecule has 4 fully saturated rings. The lowest BCUT2D eigenvalue weighted by Crippen LogP contribution is -2.48. The quantitative estimate of drug-likeness (QED) is 0.898. The van der Waals surface area contributed by atoms with Gasteiger partial charge in [0.1, 0.15) is 5.69 Å². The van der Waals surface area contributed by atoms with Gasteiger partial charge >= 0.3 is 0 Å². The van der Waals surface area contributed by atoms with Gasteiger partial charge in [-0.2, -0.15) is 5.10 Å². The molecule has 21 heavy (non-hydrogen) atoms. The summed E-state index contributed by atoms with van der Waals surface area (Å²) < 4.78 is 6.93. The second-order valence-corrected chi connectivity index (χ2v) is 8.06. The van der Waals surface area contributed by atoms with Crippen LogP contribution in [0.15, 0.2) is 15.1 Å². The van der Waals surface area contributed by atoms with E-state index in [2.05, 4.69) is 36.3 Å². The fourth-order valence-corrected chi connectivity index (χ4v) is 5.69. The molecule has 0 unspecified atom stereocenters. The van der Waals surface area contributed by atoms with Crippen LogP contribution in [0.5, 0.6) is 0 Å². The van der Waals surface area contributed by atoms with E-state index >= 15 is 0 Å². The Morgan fingerprint density at radius 1 is 1.10 bits per heavy atom. The van der Waals surface area contributed by atoms with Crippen molar-refractivity contribution in [3.63, 3.8) is 0 Å². The Bertz CT molecular complexity index is 656. The molecule has 4 bridgehead atoms. The van der Waals surface area contributed by atoms with Crippen molar-refractivity contribution in [1.82, 2.24) is 20.4 Å². The summed E-state index contributed by atoms with van der Waals surface area (Å²) in [5.74, 6) is 4.05. The molecule has 6 heteroatoms. The van der Waals surface area contributed by atoms with Crippen molar-refractivity contribution in [1.29, 1.82) is 0 Å². The predicted octanol–water partition coefficient (Wildman–Crippen LogP) is 3.69. The van der Waals surface area contributed by atoms with Gasteiger partial charge in [-0.05, 0) is 72.2 Å². The fourth-order valence-electron chi connectivity index (χ4n) is 5.33. The van der Waals surface area contributed by atoms with Gasteiger partial charge in [-0.25, -0.2) is 0 Å². The Kier molecular flexibility index (Phi) is 2.47. The molecule has 0 saturated heterocycles. The largest absolute Gasteiger partial charge is 0.419 e. The van der Waals surface area contributed by atoms with E-state index in [1.807, 2.05) is 0 Å². The van der Waals surface area contributed by atoms with Crippen molar-refractivity contribution in [2.45, 2.75) is 43.9 Å². The van der Waals surface area contributed by atoms with Crippen LogP contribution in [0.2, 0.25) is 0 Å². The molecule has 0 atom stereocenters. The van der Waals surface area contributed by atoms with Crippen molar-refractivity contribution in [2.24, 2.45) is 17.8 Å². The Labute approximate surface area is 131 Å². The van der Waals surface area contributed by atoms with E-state index in [4.69, 9.17) is 4.42 Å². The number of hydrogen-bond acceptors (Lipinski definition) is 4. The van der Waals surface area contributed by atoms with Crippen molar-refractivity contribution >= 4 is 15.9 Å². The Balaban J connectivity index is 1.54. The van der Waals surface area contributed by atoms with Gasteiger partial charge in [0.2, 0.25) is 5.89 Å². The summed E-state index contributed by atoms with van der Waals surface area (Å²) in [5.41, 5.74) is 0.936. The third kappa shape index (κ3) is 1.77. The second kappa shape index (κ2) is 4.18. The van der Waals surface area contributed by atoms with Crippen LogP contribution < -0.4 is 0 Å². The Hall–Kier alpha value is -1.17. The number of rotatable bonds is 2. The highest BCUT2D eigenvalue weighted by Crippen LogP contribution is 2.60. The lowest BCUT2D eigenvalue weighted by atomic mass is 9.49. The molecule has 4 saturated carbocycles. The Morgan fingerprint density at radius 2 is 1.76 bits per heavy atom. The summed E-state index contributed by atoms with van der Waals surface area (Å²) in [6.07, 6.45) is 9.70. The molecule has 6 rings (SSSR count). The zero-order valence-electron chi connectivity index (χ0n) is 11.7. The molecule has 1 N–H and O–H groups in total. The molecule has 2 aromatic heterocycles. The van der Waals surface area contributed by atoms with E-state index in [-0.39, 0.29) is 5.41 Å². The zero-order chi connectivity index (χ0) is 14.0. The first-order valence-corrected chi connectivity index (χ1v) is 8.54. The Morgan fingerprint density at radius 3 is 2.33 bits per heavy atom. The van der Waals surface area contributed by atoms with Crippen LogP contribution in [0.4, 0.5) is 0 Å². The summed E-state index contributed by atoms with van der Waals surface area (Å²) >= 11 is 3.45. The van der Waals surface area contributed by atoms with Gasteiger partial charge in [0.15, 0.2) is 0 Å². The van der Waals surface area contributed by atoms with Crippen molar-refractivity contribution in [3.05, 3.63) is 16.6 Å². The number of halogens is 1. The maximum atomic E-state index is 6.07. The lowest BCUT2D eigenvalue weighted by Gasteiger charge is -2.55. The summed E-state index contributed by atoms with van der Waals surface area (Å²) in [6.45, 7) is 0. The average molecular weight is 349 g/mol. The van der Waals surface area contributed by atoms with Gasteiger partial charge in [-0.1, -0.05) is 0 Å². The number of nitrogens with zero attached hydrogens (tertiary/aromatic N) is 3. The molecule has 4 aliphatic carbocycles. The molecular formula is C15H17BrN4O. The van der Waals surface area contributed by atoms with Gasteiger partial charge < -0.3 is 4.42 Å². The fraction of sp³-hybridized carbons (Fsp3) is 0.667. The van der Waals surface area contributed by atoms with Crippen LogP contribution in [-0.4, -0.2) is 20.4 Å². The normalized spacial score (nSPS) is 37.3. The summed E-state index contributed by atoms with van der Waals surface area (Å²) in [4.78, 5) is 0. The van der Waals surface area contributed by atoms with Crippen LogP contribution >= 0.6 is 15.9 Å². The molecule has 0 aromatic carbocycles. The number of nitrogens with one attached hydrogen (secondary N) is 1. The third-order valence-corrected chi connectivity index (χ3v) is 6.33. The number of aromatic amines is 1. The molecule has 110 valence electrons. The summed E-state index contributed by atoms with van der Waals surface area (Å²) in [7, 11) is 0. The average Bonchev–Trinajstić information content (AvgIpc) is 3.05. The SMILES string of the molecule is Brc1cn[nH]c1-c1nnc(C23CC4CC(CC(C4)C2)C3)o1. The minimum absolute atomic E-state index is 0.159. The number of H-pyrrole nitrogens is 1. The molecule has 2 heterocycles. The van der Waals surface area contributed by atoms with E-state index in [1.165, 1.54) is 38.5 Å². The smallest absolute Gasteiger partial charge is 0.266 e. The minimum Gasteiger partial charge on any atom is -0.419 e. The summed E-state index contributed by atoms with van der Waals surface area (Å²) in [5, 5.41) is 15.6. The van der Waals surface area contributed by atoms with Gasteiger partial charge in [-0.15, -0.1) is 10.2 Å².